The molecule has 7 nitrogen and oxygen atoms in total. The molecule has 0 radical (unpaired) electrons. The number of carbonyl (C=O) groups is 1. The van der Waals surface area contributed by atoms with Crippen molar-refractivity contribution in [2.24, 2.45) is 0 Å². The highest BCUT2D eigenvalue weighted by Crippen LogP contribution is 2.32. The molecule has 0 amide bonds. The van der Waals surface area contributed by atoms with Gasteiger partial charge >= 0.3 is 0 Å². The van der Waals surface area contributed by atoms with Crippen LogP contribution in [0.3, 0.4) is 0 Å². The second kappa shape index (κ2) is 9.44. The van der Waals surface area contributed by atoms with Gasteiger partial charge in [-0.3, -0.25) is 14.8 Å². The van der Waals surface area contributed by atoms with Gasteiger partial charge in [0, 0.05) is 41.5 Å². The van der Waals surface area contributed by atoms with E-state index in [0.29, 0.717) is 22.1 Å². The van der Waals surface area contributed by atoms with Gasteiger partial charge in [0.1, 0.15) is 16.1 Å². The Bertz CT molecular complexity index is 1170. The Morgan fingerprint density at radius 1 is 1.03 bits per heavy atom. The quantitative estimate of drug-likeness (QED) is 0.377. The molecule has 1 atom stereocenters. The molecular formula is C23H20N4O3S. The van der Waals surface area contributed by atoms with E-state index in [2.05, 4.69) is 20.2 Å². The van der Waals surface area contributed by atoms with Crippen LogP contribution >= 0.6 is 11.3 Å². The fourth-order valence-corrected chi connectivity index (χ4v) is 3.83. The number of methoxy groups -OCH3 is 1. The number of Topliss-reactive ketones (excluding diaryl/α,β-unsaturated/α-hetero) is 1. The summed E-state index contributed by atoms with van der Waals surface area (Å²) in [4.78, 5) is 20.9. The number of ketones is 1. The lowest BCUT2D eigenvalue weighted by Gasteiger charge is -2.17. The van der Waals surface area contributed by atoms with E-state index < -0.39 is 0 Å². The summed E-state index contributed by atoms with van der Waals surface area (Å²) >= 11 is 1.40. The largest absolute Gasteiger partial charge is 0.493 e. The van der Waals surface area contributed by atoms with Gasteiger partial charge in [0.2, 0.25) is 0 Å². The zero-order valence-electron chi connectivity index (χ0n) is 17.1. The van der Waals surface area contributed by atoms with Crippen LogP contribution in [0.4, 0.5) is 0 Å². The van der Waals surface area contributed by atoms with Crippen molar-refractivity contribution in [1.82, 2.24) is 20.2 Å². The maximum Gasteiger partial charge on any atom is 0.169 e. The second-order valence-electron chi connectivity index (χ2n) is 6.75. The van der Waals surface area contributed by atoms with Crippen LogP contribution in [-0.2, 0) is 6.42 Å². The highest BCUT2D eigenvalue weighted by Gasteiger charge is 2.17. The van der Waals surface area contributed by atoms with Gasteiger partial charge in [-0.25, -0.2) is 0 Å². The molecular weight excluding hydrogens is 412 g/mol. The topological polar surface area (TPSA) is 87.1 Å². The number of hydrogen-bond acceptors (Lipinski definition) is 8. The van der Waals surface area contributed by atoms with Crippen LogP contribution in [0, 0.1) is 0 Å². The van der Waals surface area contributed by atoms with Crippen molar-refractivity contribution in [3.8, 4) is 22.1 Å². The fourth-order valence-electron chi connectivity index (χ4n) is 2.99. The molecule has 0 saturated heterocycles. The van der Waals surface area contributed by atoms with Gasteiger partial charge in [-0.15, -0.1) is 10.2 Å². The number of rotatable bonds is 8. The van der Waals surface area contributed by atoms with E-state index in [4.69, 9.17) is 9.47 Å². The van der Waals surface area contributed by atoms with Crippen molar-refractivity contribution in [1.29, 1.82) is 0 Å². The highest BCUT2D eigenvalue weighted by molar-refractivity contribution is 7.14. The van der Waals surface area contributed by atoms with Crippen LogP contribution in [0.25, 0.3) is 10.6 Å². The van der Waals surface area contributed by atoms with Crippen LogP contribution in [0.1, 0.15) is 34.0 Å². The number of carbonyl (C=O) groups excluding carboxylic acids is 1. The molecule has 3 heterocycles. The van der Waals surface area contributed by atoms with Gasteiger partial charge in [0.25, 0.3) is 0 Å². The Hall–Kier alpha value is -3.65. The highest BCUT2D eigenvalue weighted by atomic mass is 32.1. The van der Waals surface area contributed by atoms with E-state index in [-0.39, 0.29) is 18.3 Å². The van der Waals surface area contributed by atoms with Crippen molar-refractivity contribution in [3.05, 3.63) is 83.4 Å². The van der Waals surface area contributed by atoms with Crippen molar-refractivity contribution in [3.63, 3.8) is 0 Å². The van der Waals surface area contributed by atoms with E-state index in [1.54, 1.807) is 50.1 Å². The molecule has 0 bridgehead atoms. The maximum absolute atomic E-state index is 12.8. The van der Waals surface area contributed by atoms with E-state index in [1.165, 1.54) is 11.3 Å². The molecule has 0 fully saturated rings. The third kappa shape index (κ3) is 4.92. The normalized spacial score (nSPS) is 11.7. The van der Waals surface area contributed by atoms with Crippen molar-refractivity contribution >= 4 is 17.1 Å². The Balaban J connectivity index is 1.47. The Morgan fingerprint density at radius 2 is 1.87 bits per heavy atom. The van der Waals surface area contributed by atoms with Crippen molar-refractivity contribution < 1.29 is 14.3 Å². The second-order valence-corrected chi connectivity index (χ2v) is 7.81. The van der Waals surface area contributed by atoms with Crippen LogP contribution in [0.15, 0.2) is 67.3 Å². The van der Waals surface area contributed by atoms with Gasteiger partial charge in [-0.1, -0.05) is 17.4 Å². The Kier molecular flexibility index (Phi) is 6.28. The predicted octanol–water partition coefficient (Wildman–Crippen LogP) is 4.57. The summed E-state index contributed by atoms with van der Waals surface area (Å²) in [5, 5.41) is 9.75. The van der Waals surface area contributed by atoms with Crippen molar-refractivity contribution in [2.75, 3.05) is 7.11 Å². The zero-order chi connectivity index (χ0) is 21.6. The number of benzene rings is 1. The molecule has 156 valence electrons. The van der Waals surface area contributed by atoms with E-state index in [0.717, 1.165) is 16.1 Å². The third-order valence-electron chi connectivity index (χ3n) is 4.65. The molecule has 31 heavy (non-hydrogen) atoms. The first-order chi connectivity index (χ1) is 15.1. The minimum atomic E-state index is -0.211. The van der Waals surface area contributed by atoms with Crippen molar-refractivity contribution in [2.45, 2.75) is 19.4 Å². The molecule has 0 unspecified atom stereocenters. The zero-order valence-corrected chi connectivity index (χ0v) is 17.9. The van der Waals surface area contributed by atoms with Gasteiger partial charge in [-0.2, -0.15) is 0 Å². The molecule has 1 aromatic carbocycles. The molecule has 0 N–H and O–H groups in total. The number of ether oxygens (including phenoxy) is 2. The maximum atomic E-state index is 12.8. The van der Waals surface area contributed by atoms with Gasteiger partial charge in [0.15, 0.2) is 17.3 Å². The average Bonchev–Trinajstić information content (AvgIpc) is 3.29. The number of nitrogens with zero attached hydrogens (tertiary/aromatic N) is 4. The summed E-state index contributed by atoms with van der Waals surface area (Å²) in [6.07, 6.45) is 6.83. The van der Waals surface area contributed by atoms with Crippen LogP contribution < -0.4 is 9.47 Å². The fraction of sp³-hybridized carbons (Fsp3) is 0.174. The standard InChI is InChI=1S/C23H20N4O3S/c1-15(18-4-3-9-25-14-18)30-20-6-5-17(12-21(20)29-2)19(28)13-22-26-27-23(31-22)16-7-10-24-11-8-16/h3-12,14-15H,13H2,1-2H3/t15-/m0/s1. The summed E-state index contributed by atoms with van der Waals surface area (Å²) < 4.78 is 11.5. The lowest BCUT2D eigenvalue weighted by atomic mass is 10.1. The first kappa shape index (κ1) is 20.6. The summed E-state index contributed by atoms with van der Waals surface area (Å²) in [7, 11) is 1.55. The Labute approximate surface area is 183 Å². The van der Waals surface area contributed by atoms with Crippen LogP contribution in [0.2, 0.25) is 0 Å². The van der Waals surface area contributed by atoms with Crippen LogP contribution in [-0.4, -0.2) is 33.1 Å². The third-order valence-corrected chi connectivity index (χ3v) is 5.62. The van der Waals surface area contributed by atoms with Crippen LogP contribution in [0.5, 0.6) is 11.5 Å². The molecule has 0 spiro atoms. The minimum Gasteiger partial charge on any atom is -0.493 e. The summed E-state index contributed by atoms with van der Waals surface area (Å²) in [5.41, 5.74) is 2.40. The predicted molar refractivity (Wildman–Crippen MR) is 117 cm³/mol. The number of hydrogen-bond donors (Lipinski definition) is 0. The van der Waals surface area contributed by atoms with E-state index in [9.17, 15) is 4.79 Å². The molecule has 4 rings (SSSR count). The lowest BCUT2D eigenvalue weighted by molar-refractivity contribution is 0.0992. The first-order valence-electron chi connectivity index (χ1n) is 9.64. The average molecular weight is 433 g/mol. The van der Waals surface area contributed by atoms with Gasteiger partial charge in [-0.05, 0) is 43.3 Å². The molecule has 0 aliphatic rings. The van der Waals surface area contributed by atoms with Gasteiger partial charge < -0.3 is 9.47 Å². The van der Waals surface area contributed by atoms with E-state index in [1.807, 2.05) is 31.2 Å². The summed E-state index contributed by atoms with van der Waals surface area (Å²) in [5.74, 6) is 0.991. The molecule has 0 aliphatic carbocycles. The summed E-state index contributed by atoms with van der Waals surface area (Å²) in [6.45, 7) is 1.94. The first-order valence-corrected chi connectivity index (χ1v) is 10.5. The molecule has 4 aromatic rings. The smallest absolute Gasteiger partial charge is 0.169 e. The monoisotopic (exact) mass is 432 g/mol. The SMILES string of the molecule is COc1cc(C(=O)Cc2nnc(-c3ccncc3)s2)ccc1O[C@@H](C)c1cccnc1. The lowest BCUT2D eigenvalue weighted by Crippen LogP contribution is -2.07. The van der Waals surface area contributed by atoms with Gasteiger partial charge in [0.05, 0.1) is 13.5 Å². The minimum absolute atomic E-state index is 0.0670. The summed E-state index contributed by atoms with van der Waals surface area (Å²) in [6, 6.07) is 12.7. The molecule has 8 heteroatoms. The molecule has 0 aliphatic heterocycles. The van der Waals surface area contributed by atoms with E-state index >= 15 is 0 Å². The number of pyridine rings is 2. The molecule has 3 aromatic heterocycles. The number of aromatic nitrogens is 4. The molecule has 0 saturated carbocycles. The Morgan fingerprint density at radius 3 is 2.61 bits per heavy atom.